The molecule has 112 valence electrons. The van der Waals surface area contributed by atoms with Crippen molar-refractivity contribution in [3.8, 4) is 5.75 Å². The summed E-state index contributed by atoms with van der Waals surface area (Å²) in [6, 6.07) is 0. The number of esters is 1. The lowest BCUT2D eigenvalue weighted by atomic mass is 10.1. The van der Waals surface area contributed by atoms with Crippen molar-refractivity contribution >= 4 is 28.6 Å². The van der Waals surface area contributed by atoms with E-state index in [0.29, 0.717) is 0 Å². The number of ether oxygens (including phenoxy) is 2. The maximum atomic E-state index is 12.8. The highest BCUT2D eigenvalue weighted by molar-refractivity contribution is 14.1. The molecule has 1 aromatic rings. The minimum atomic E-state index is -5.14. The van der Waals surface area contributed by atoms with Gasteiger partial charge in [-0.05, 0) is 29.5 Å². The van der Waals surface area contributed by atoms with Gasteiger partial charge in [0, 0.05) is 6.20 Å². The summed E-state index contributed by atoms with van der Waals surface area (Å²) >= 11 is 1.39. The summed E-state index contributed by atoms with van der Waals surface area (Å²) in [6.45, 7) is 1.18. The lowest BCUT2D eigenvalue weighted by molar-refractivity contribution is -0.275. The zero-order valence-electron chi connectivity index (χ0n) is 9.80. The summed E-state index contributed by atoms with van der Waals surface area (Å²) in [5, 5.41) is 0. The number of nitrogens with zero attached hydrogens (tertiary/aromatic N) is 1. The van der Waals surface area contributed by atoms with Gasteiger partial charge in [0.2, 0.25) is 0 Å². The second kappa shape index (κ2) is 6.50. The van der Waals surface area contributed by atoms with Crippen molar-refractivity contribution in [1.82, 2.24) is 4.98 Å². The van der Waals surface area contributed by atoms with E-state index in [1.807, 2.05) is 0 Å². The maximum absolute atomic E-state index is 12.8. The van der Waals surface area contributed by atoms with Gasteiger partial charge in [-0.15, -0.1) is 13.2 Å². The Morgan fingerprint density at radius 1 is 1.45 bits per heavy atom. The van der Waals surface area contributed by atoms with Gasteiger partial charge in [0.25, 0.3) is 6.43 Å². The summed E-state index contributed by atoms with van der Waals surface area (Å²) in [4.78, 5) is 14.8. The number of aromatic nitrogens is 1. The number of hydrogen-bond donors (Lipinski definition) is 0. The van der Waals surface area contributed by atoms with E-state index in [-0.39, 0.29) is 10.2 Å². The van der Waals surface area contributed by atoms with E-state index in [0.717, 1.165) is 6.20 Å². The molecule has 0 spiro atoms. The first-order valence-corrected chi connectivity index (χ1v) is 6.14. The minimum absolute atomic E-state index is 0.196. The Morgan fingerprint density at radius 2 is 2.05 bits per heavy atom. The molecular formula is C10H7F5INO3. The van der Waals surface area contributed by atoms with Gasteiger partial charge >= 0.3 is 12.3 Å². The Bertz CT molecular complexity index is 506. The number of carbonyl (C=O) groups is 1. The molecule has 0 aromatic carbocycles. The van der Waals surface area contributed by atoms with Crippen LogP contribution >= 0.6 is 22.6 Å². The number of carbonyl (C=O) groups excluding carboxylic acids is 1. The van der Waals surface area contributed by atoms with Gasteiger partial charge in [0.1, 0.15) is 11.3 Å². The predicted octanol–water partition coefficient (Wildman–Crippen LogP) is 3.70. The molecule has 0 aliphatic carbocycles. The summed E-state index contributed by atoms with van der Waals surface area (Å²) in [5.74, 6) is -2.39. The van der Waals surface area contributed by atoms with Crippen LogP contribution in [0, 0.1) is 3.57 Å². The van der Waals surface area contributed by atoms with Crippen molar-refractivity contribution in [2.24, 2.45) is 0 Å². The molecule has 0 saturated carbocycles. The smallest absolute Gasteiger partial charge is 0.462 e. The Kier molecular flexibility index (Phi) is 5.48. The first-order valence-electron chi connectivity index (χ1n) is 5.06. The Labute approximate surface area is 123 Å². The van der Waals surface area contributed by atoms with Gasteiger partial charge in [-0.2, -0.15) is 0 Å². The number of pyridine rings is 1. The predicted molar refractivity (Wildman–Crippen MR) is 64.6 cm³/mol. The van der Waals surface area contributed by atoms with Crippen molar-refractivity contribution in [3.63, 3.8) is 0 Å². The number of hydrogen-bond acceptors (Lipinski definition) is 4. The molecule has 1 heterocycles. The van der Waals surface area contributed by atoms with Crippen LogP contribution in [0.3, 0.4) is 0 Å². The van der Waals surface area contributed by atoms with Crippen LogP contribution in [0.15, 0.2) is 6.20 Å². The lowest BCUT2D eigenvalue weighted by Crippen LogP contribution is -2.22. The number of halogens is 6. The SMILES string of the molecule is CCOC(=O)c1c(C(F)F)ncc(I)c1OC(F)(F)F. The van der Waals surface area contributed by atoms with Crippen LogP contribution in [-0.4, -0.2) is 23.9 Å². The fraction of sp³-hybridized carbons (Fsp3) is 0.400. The van der Waals surface area contributed by atoms with Crippen molar-refractivity contribution in [2.45, 2.75) is 19.7 Å². The molecule has 0 bridgehead atoms. The van der Waals surface area contributed by atoms with Crippen LogP contribution in [0.5, 0.6) is 5.75 Å². The van der Waals surface area contributed by atoms with E-state index in [2.05, 4.69) is 14.5 Å². The van der Waals surface area contributed by atoms with E-state index in [9.17, 15) is 26.7 Å². The quantitative estimate of drug-likeness (QED) is 0.431. The Hall–Kier alpha value is -1.20. The molecule has 1 rings (SSSR count). The largest absolute Gasteiger partial charge is 0.573 e. The van der Waals surface area contributed by atoms with Crippen LogP contribution < -0.4 is 4.74 Å². The molecule has 0 unspecified atom stereocenters. The number of alkyl halides is 5. The number of rotatable bonds is 4. The second-order valence-corrected chi connectivity index (χ2v) is 4.43. The van der Waals surface area contributed by atoms with Crippen LogP contribution in [0.1, 0.15) is 29.4 Å². The molecule has 1 aromatic heterocycles. The average molecular weight is 411 g/mol. The molecule has 0 saturated heterocycles. The highest BCUT2D eigenvalue weighted by Gasteiger charge is 2.37. The maximum Gasteiger partial charge on any atom is 0.573 e. The highest BCUT2D eigenvalue weighted by Crippen LogP contribution is 2.35. The first kappa shape index (κ1) is 16.9. The summed E-state index contributed by atoms with van der Waals surface area (Å²) in [6.07, 6.45) is -7.63. The molecule has 0 aliphatic heterocycles. The monoisotopic (exact) mass is 411 g/mol. The van der Waals surface area contributed by atoms with E-state index < -0.39 is 35.8 Å². The van der Waals surface area contributed by atoms with Gasteiger partial charge < -0.3 is 9.47 Å². The molecular weight excluding hydrogens is 404 g/mol. The fourth-order valence-electron chi connectivity index (χ4n) is 1.27. The van der Waals surface area contributed by atoms with E-state index in [1.165, 1.54) is 29.5 Å². The summed E-state index contributed by atoms with van der Waals surface area (Å²) in [5.41, 5.74) is -2.14. The van der Waals surface area contributed by atoms with Gasteiger partial charge in [0.15, 0.2) is 5.75 Å². The van der Waals surface area contributed by atoms with Gasteiger partial charge in [-0.3, -0.25) is 4.98 Å². The third-order valence-corrected chi connectivity index (χ3v) is 2.69. The zero-order chi connectivity index (χ0) is 15.5. The Balaban J connectivity index is 3.45. The standard InChI is InChI=1S/C10H7F5INO3/c1-2-19-9(18)5-6(8(11)12)17-3-4(16)7(5)20-10(13,14)15/h3,8H,2H2,1H3. The molecule has 10 heteroatoms. The molecule has 0 amide bonds. The molecule has 0 N–H and O–H groups in total. The van der Waals surface area contributed by atoms with Crippen molar-refractivity contribution in [3.05, 3.63) is 21.0 Å². The topological polar surface area (TPSA) is 48.4 Å². The minimum Gasteiger partial charge on any atom is -0.462 e. The van der Waals surface area contributed by atoms with Crippen LogP contribution in [0.4, 0.5) is 22.0 Å². The molecule has 20 heavy (non-hydrogen) atoms. The highest BCUT2D eigenvalue weighted by atomic mass is 127. The average Bonchev–Trinajstić information content (AvgIpc) is 2.29. The first-order chi connectivity index (χ1) is 9.17. The molecule has 0 fully saturated rings. The van der Waals surface area contributed by atoms with E-state index in [1.54, 1.807) is 0 Å². The summed E-state index contributed by atoms with van der Waals surface area (Å²) < 4.78 is 70.3. The zero-order valence-corrected chi connectivity index (χ0v) is 12.0. The van der Waals surface area contributed by atoms with Crippen molar-refractivity contribution in [1.29, 1.82) is 0 Å². The summed E-state index contributed by atoms with van der Waals surface area (Å²) in [7, 11) is 0. The molecule has 4 nitrogen and oxygen atoms in total. The van der Waals surface area contributed by atoms with Crippen LogP contribution in [0.2, 0.25) is 0 Å². The van der Waals surface area contributed by atoms with Crippen molar-refractivity contribution in [2.75, 3.05) is 6.61 Å². The molecule has 0 atom stereocenters. The second-order valence-electron chi connectivity index (χ2n) is 3.26. The third-order valence-electron chi connectivity index (χ3n) is 1.92. The van der Waals surface area contributed by atoms with Gasteiger partial charge in [0.05, 0.1) is 10.2 Å². The van der Waals surface area contributed by atoms with Crippen LogP contribution in [0.25, 0.3) is 0 Å². The lowest BCUT2D eigenvalue weighted by Gasteiger charge is -2.16. The fourth-order valence-corrected chi connectivity index (χ4v) is 1.79. The molecule has 0 aliphatic rings. The molecule has 0 radical (unpaired) electrons. The van der Waals surface area contributed by atoms with Crippen LogP contribution in [-0.2, 0) is 4.74 Å². The van der Waals surface area contributed by atoms with Gasteiger partial charge in [-0.1, -0.05) is 0 Å². The van der Waals surface area contributed by atoms with E-state index >= 15 is 0 Å². The normalized spacial score (nSPS) is 11.6. The third kappa shape index (κ3) is 4.15. The van der Waals surface area contributed by atoms with E-state index in [4.69, 9.17) is 0 Å². The Morgan fingerprint density at radius 3 is 2.50 bits per heavy atom. The van der Waals surface area contributed by atoms with Crippen molar-refractivity contribution < 1.29 is 36.2 Å². The van der Waals surface area contributed by atoms with Gasteiger partial charge in [-0.25, -0.2) is 13.6 Å².